The summed E-state index contributed by atoms with van der Waals surface area (Å²) in [5.74, 6) is 0. The number of nitrogens with zero attached hydrogens (tertiary/aromatic N) is 2. The van der Waals surface area contributed by atoms with Crippen molar-refractivity contribution in [1.29, 1.82) is 0 Å². The van der Waals surface area contributed by atoms with Gasteiger partial charge in [-0.3, -0.25) is 0 Å². The number of carbonyl (C=O) groups is 1. The fourth-order valence-corrected chi connectivity index (χ4v) is 1.52. The van der Waals surface area contributed by atoms with Crippen LogP contribution in [0.1, 0.15) is 38.5 Å². The van der Waals surface area contributed by atoms with Gasteiger partial charge in [-0.05, 0) is 12.8 Å². The van der Waals surface area contributed by atoms with Crippen LogP contribution < -0.4 is 0 Å². The molecule has 96 valence electrons. The number of unbranched alkanes of at least 4 members (excludes halogenated alkanes) is 5. The molecule has 1 rings (SSSR count). The van der Waals surface area contributed by atoms with Crippen molar-refractivity contribution in [1.82, 2.24) is 9.55 Å². The van der Waals surface area contributed by atoms with E-state index in [0.29, 0.717) is 6.61 Å². The molecule has 0 aliphatic rings. The second-order valence-electron chi connectivity index (χ2n) is 3.93. The van der Waals surface area contributed by atoms with Gasteiger partial charge in [-0.15, -0.1) is 0 Å². The van der Waals surface area contributed by atoms with E-state index in [9.17, 15) is 4.79 Å². The van der Waals surface area contributed by atoms with Crippen LogP contribution in [-0.4, -0.2) is 34.0 Å². The van der Waals surface area contributed by atoms with Crippen LogP contribution in [0.5, 0.6) is 0 Å². The van der Waals surface area contributed by atoms with Gasteiger partial charge in [-0.2, -0.15) is 0 Å². The van der Waals surface area contributed by atoms with E-state index in [1.807, 2.05) is 0 Å². The van der Waals surface area contributed by atoms with Gasteiger partial charge < -0.3 is 9.84 Å². The van der Waals surface area contributed by atoms with Gasteiger partial charge in [0, 0.05) is 19.0 Å². The highest BCUT2D eigenvalue weighted by molar-refractivity contribution is 5.69. The first-order valence-electron chi connectivity index (χ1n) is 6.10. The van der Waals surface area contributed by atoms with Crippen LogP contribution in [0.2, 0.25) is 0 Å². The topological polar surface area (TPSA) is 64.3 Å². The van der Waals surface area contributed by atoms with Gasteiger partial charge in [-0.1, -0.05) is 25.7 Å². The lowest BCUT2D eigenvalue weighted by Gasteiger charge is -2.04. The highest BCUT2D eigenvalue weighted by Crippen LogP contribution is 2.05. The summed E-state index contributed by atoms with van der Waals surface area (Å²) in [6, 6.07) is 0. The summed E-state index contributed by atoms with van der Waals surface area (Å²) < 4.78 is 6.38. The number of rotatable bonds is 8. The van der Waals surface area contributed by atoms with Crippen molar-refractivity contribution in [2.24, 2.45) is 0 Å². The lowest BCUT2D eigenvalue weighted by molar-refractivity contribution is 0.145. The fourth-order valence-electron chi connectivity index (χ4n) is 1.52. The molecule has 0 unspecified atom stereocenters. The maximum absolute atomic E-state index is 11.4. The van der Waals surface area contributed by atoms with Gasteiger partial charge in [0.15, 0.2) is 0 Å². The minimum atomic E-state index is -0.372. The largest absolute Gasteiger partial charge is 0.449 e. The van der Waals surface area contributed by atoms with Crippen LogP contribution in [0.15, 0.2) is 18.7 Å². The third kappa shape index (κ3) is 6.06. The molecule has 0 aliphatic heterocycles. The minimum Gasteiger partial charge on any atom is -0.449 e. The summed E-state index contributed by atoms with van der Waals surface area (Å²) in [6.45, 7) is 0.736. The van der Waals surface area contributed by atoms with Gasteiger partial charge in [0.2, 0.25) is 0 Å². The minimum absolute atomic E-state index is 0.280. The molecule has 0 amide bonds. The smallest absolute Gasteiger partial charge is 0.419 e. The zero-order valence-electron chi connectivity index (χ0n) is 10.0. The van der Waals surface area contributed by atoms with E-state index >= 15 is 0 Å². The van der Waals surface area contributed by atoms with Crippen LogP contribution in [0.25, 0.3) is 0 Å². The van der Waals surface area contributed by atoms with Crippen molar-refractivity contribution < 1.29 is 14.6 Å². The zero-order chi connectivity index (χ0) is 12.3. The molecular formula is C12H20N2O3. The lowest BCUT2D eigenvalue weighted by Crippen LogP contribution is -2.12. The summed E-state index contributed by atoms with van der Waals surface area (Å²) in [5, 5.41) is 8.59. The van der Waals surface area contributed by atoms with Crippen LogP contribution in [0.4, 0.5) is 4.79 Å². The number of carbonyl (C=O) groups excluding carboxylic acids is 1. The summed E-state index contributed by atoms with van der Waals surface area (Å²) >= 11 is 0. The molecule has 0 saturated heterocycles. The predicted molar refractivity (Wildman–Crippen MR) is 63.8 cm³/mol. The number of aromatic nitrogens is 2. The Kier molecular flexibility index (Phi) is 7.06. The second-order valence-corrected chi connectivity index (χ2v) is 3.93. The van der Waals surface area contributed by atoms with Crippen molar-refractivity contribution in [2.45, 2.75) is 38.5 Å². The van der Waals surface area contributed by atoms with E-state index < -0.39 is 0 Å². The Balaban J connectivity index is 1.92. The van der Waals surface area contributed by atoms with Crippen molar-refractivity contribution in [3.63, 3.8) is 0 Å². The van der Waals surface area contributed by atoms with Crippen LogP contribution >= 0.6 is 0 Å². The molecule has 0 saturated carbocycles. The molecule has 1 aromatic rings. The molecule has 0 aromatic carbocycles. The Morgan fingerprint density at radius 3 is 2.53 bits per heavy atom. The first-order valence-corrected chi connectivity index (χ1v) is 6.10. The number of hydrogen-bond acceptors (Lipinski definition) is 4. The Morgan fingerprint density at radius 2 is 1.88 bits per heavy atom. The second kappa shape index (κ2) is 8.75. The Hall–Kier alpha value is -1.36. The Bertz CT molecular complexity index is 299. The van der Waals surface area contributed by atoms with Crippen LogP contribution in [0, 0.1) is 0 Å². The number of hydrogen-bond donors (Lipinski definition) is 1. The Morgan fingerprint density at radius 1 is 1.18 bits per heavy atom. The van der Waals surface area contributed by atoms with Gasteiger partial charge >= 0.3 is 6.09 Å². The normalized spacial score (nSPS) is 10.4. The van der Waals surface area contributed by atoms with Crippen LogP contribution in [0.3, 0.4) is 0 Å². The standard InChI is InChI=1S/C12H20N2O3/c15-9-5-3-1-2-4-6-10-17-12(16)14-8-7-13-11-14/h7-8,11,15H,1-6,9-10H2. The Labute approximate surface area is 101 Å². The van der Waals surface area contributed by atoms with Crippen molar-refractivity contribution in [3.05, 3.63) is 18.7 Å². The first-order chi connectivity index (χ1) is 8.34. The van der Waals surface area contributed by atoms with Gasteiger partial charge in [0.25, 0.3) is 0 Å². The number of aliphatic hydroxyl groups is 1. The average molecular weight is 240 g/mol. The molecule has 0 atom stereocenters. The maximum Gasteiger partial charge on any atom is 0.419 e. The molecule has 17 heavy (non-hydrogen) atoms. The predicted octanol–water partition coefficient (Wildman–Crippen LogP) is 2.20. The van der Waals surface area contributed by atoms with Gasteiger partial charge in [0.05, 0.1) is 6.61 Å². The third-order valence-corrected chi connectivity index (χ3v) is 2.49. The monoisotopic (exact) mass is 240 g/mol. The van der Waals surface area contributed by atoms with E-state index in [1.165, 1.54) is 10.9 Å². The summed E-state index contributed by atoms with van der Waals surface area (Å²) in [6.07, 6.45) is 10.3. The van der Waals surface area contributed by atoms with E-state index in [1.54, 1.807) is 12.4 Å². The lowest BCUT2D eigenvalue weighted by atomic mass is 10.1. The molecule has 5 heteroatoms. The molecule has 0 radical (unpaired) electrons. The first kappa shape index (κ1) is 13.7. The number of ether oxygens (including phenoxy) is 1. The molecule has 1 N–H and O–H groups in total. The fraction of sp³-hybridized carbons (Fsp3) is 0.667. The molecular weight excluding hydrogens is 220 g/mol. The summed E-state index contributed by atoms with van der Waals surface area (Å²) in [4.78, 5) is 15.1. The van der Waals surface area contributed by atoms with E-state index in [0.717, 1.165) is 38.5 Å². The zero-order valence-corrected chi connectivity index (χ0v) is 10.0. The molecule has 1 aromatic heterocycles. The molecule has 5 nitrogen and oxygen atoms in total. The molecule has 0 aliphatic carbocycles. The van der Waals surface area contributed by atoms with E-state index in [4.69, 9.17) is 9.84 Å². The molecule has 1 heterocycles. The van der Waals surface area contributed by atoms with Gasteiger partial charge in [0.1, 0.15) is 6.33 Å². The van der Waals surface area contributed by atoms with Crippen molar-refractivity contribution >= 4 is 6.09 Å². The van der Waals surface area contributed by atoms with Crippen molar-refractivity contribution in [3.8, 4) is 0 Å². The number of aliphatic hydroxyl groups excluding tert-OH is 1. The molecule has 0 fully saturated rings. The third-order valence-electron chi connectivity index (χ3n) is 2.49. The van der Waals surface area contributed by atoms with Crippen molar-refractivity contribution in [2.75, 3.05) is 13.2 Å². The summed E-state index contributed by atoms with van der Waals surface area (Å²) in [7, 11) is 0. The number of imidazole rings is 1. The highest BCUT2D eigenvalue weighted by atomic mass is 16.5. The molecule has 0 bridgehead atoms. The SMILES string of the molecule is O=C(OCCCCCCCCO)n1ccnc1. The van der Waals surface area contributed by atoms with Gasteiger partial charge in [-0.25, -0.2) is 14.3 Å². The summed E-state index contributed by atoms with van der Waals surface area (Å²) in [5.41, 5.74) is 0. The maximum atomic E-state index is 11.4. The molecule has 0 spiro atoms. The quantitative estimate of drug-likeness (QED) is 0.707. The van der Waals surface area contributed by atoms with E-state index in [2.05, 4.69) is 4.98 Å². The van der Waals surface area contributed by atoms with E-state index in [-0.39, 0.29) is 12.7 Å². The highest BCUT2D eigenvalue weighted by Gasteiger charge is 2.03. The van der Waals surface area contributed by atoms with Crippen LogP contribution in [-0.2, 0) is 4.74 Å². The average Bonchev–Trinajstić information content (AvgIpc) is 2.86.